The first-order valence-corrected chi connectivity index (χ1v) is 12.3. The Hall–Kier alpha value is -3.39. The van der Waals surface area contributed by atoms with Gasteiger partial charge in [0.15, 0.2) is 5.13 Å². The molecular weight excluding hydrogens is 507 g/mol. The number of anilines is 1. The molecule has 1 aliphatic rings. The molecule has 176 valence electrons. The summed E-state index contributed by atoms with van der Waals surface area (Å²) in [5.74, 6) is -1.17. The molecule has 9 heteroatoms. The third-order valence-corrected chi connectivity index (χ3v) is 7.13. The van der Waals surface area contributed by atoms with Crippen molar-refractivity contribution in [1.29, 1.82) is 0 Å². The minimum Gasteiger partial charge on any atom is -0.507 e. The van der Waals surface area contributed by atoms with Gasteiger partial charge in [0.25, 0.3) is 5.78 Å². The number of aliphatic hydroxyl groups is 1. The number of aromatic nitrogens is 1. The van der Waals surface area contributed by atoms with Crippen LogP contribution < -0.4 is 9.64 Å². The van der Waals surface area contributed by atoms with Crippen molar-refractivity contribution in [3.63, 3.8) is 0 Å². The van der Waals surface area contributed by atoms with Gasteiger partial charge >= 0.3 is 5.91 Å². The largest absolute Gasteiger partial charge is 0.507 e. The highest BCUT2D eigenvalue weighted by Crippen LogP contribution is 2.44. The van der Waals surface area contributed by atoms with E-state index in [9.17, 15) is 14.7 Å². The number of thiazole rings is 1. The molecule has 1 aromatic heterocycles. The molecule has 0 bridgehead atoms. The van der Waals surface area contributed by atoms with Crippen LogP contribution in [0, 0.1) is 0 Å². The Labute approximate surface area is 215 Å². The number of ketones is 1. The van der Waals surface area contributed by atoms with Crippen molar-refractivity contribution >= 4 is 67.3 Å². The van der Waals surface area contributed by atoms with Crippen LogP contribution in [-0.2, 0) is 9.59 Å². The number of ether oxygens (including phenoxy) is 1. The first-order valence-electron chi connectivity index (χ1n) is 10.7. The lowest BCUT2D eigenvalue weighted by Gasteiger charge is -2.23. The van der Waals surface area contributed by atoms with Gasteiger partial charge in [0.1, 0.15) is 11.5 Å². The fourth-order valence-electron chi connectivity index (χ4n) is 4.01. The minimum absolute atomic E-state index is 0.0334. The summed E-state index contributed by atoms with van der Waals surface area (Å²) < 4.78 is 6.38. The van der Waals surface area contributed by atoms with Crippen molar-refractivity contribution in [3.8, 4) is 5.75 Å². The number of carbonyl (C=O) groups excluding carboxylic acids is 2. The second-order valence-corrected chi connectivity index (χ2v) is 9.67. The highest BCUT2D eigenvalue weighted by Gasteiger charge is 2.48. The molecule has 2 heterocycles. The fourth-order valence-corrected chi connectivity index (χ4v) is 5.28. The molecule has 1 amide bonds. The Morgan fingerprint density at radius 1 is 1.03 bits per heavy atom. The standard InChI is InChI=1S/C26H18Cl2N2O4S/c1-2-34-18-11-12-19-20(13-18)35-26(29-19)30-22(14-3-7-16(27)8-4-14)21(24(32)25(30)33)23(31)15-5-9-17(28)10-6-15/h3-13,22,31H,2H2,1H3/b23-21+/t22-/m1/s1. The summed E-state index contributed by atoms with van der Waals surface area (Å²) in [7, 11) is 0. The van der Waals surface area contributed by atoms with Crippen LogP contribution in [0.4, 0.5) is 5.13 Å². The van der Waals surface area contributed by atoms with Crippen molar-refractivity contribution in [2.24, 2.45) is 0 Å². The van der Waals surface area contributed by atoms with Gasteiger partial charge in [-0.1, -0.05) is 46.7 Å². The van der Waals surface area contributed by atoms with Crippen LogP contribution in [0.3, 0.4) is 0 Å². The van der Waals surface area contributed by atoms with Gasteiger partial charge in [-0.05, 0) is 67.1 Å². The lowest BCUT2D eigenvalue weighted by atomic mass is 9.95. The van der Waals surface area contributed by atoms with E-state index in [0.29, 0.717) is 44.2 Å². The number of benzene rings is 3. The second-order valence-electron chi connectivity index (χ2n) is 7.79. The van der Waals surface area contributed by atoms with E-state index in [1.807, 2.05) is 19.1 Å². The number of carbonyl (C=O) groups is 2. The average Bonchev–Trinajstić information content (AvgIpc) is 3.38. The third-order valence-electron chi connectivity index (χ3n) is 5.61. The molecule has 1 aliphatic heterocycles. The maximum absolute atomic E-state index is 13.3. The normalized spacial score (nSPS) is 17.3. The monoisotopic (exact) mass is 524 g/mol. The van der Waals surface area contributed by atoms with Crippen molar-refractivity contribution in [2.75, 3.05) is 11.5 Å². The van der Waals surface area contributed by atoms with Gasteiger partial charge in [0.05, 0.1) is 28.4 Å². The summed E-state index contributed by atoms with van der Waals surface area (Å²) in [4.78, 5) is 32.6. The van der Waals surface area contributed by atoms with E-state index in [2.05, 4.69) is 4.98 Å². The lowest BCUT2D eigenvalue weighted by Crippen LogP contribution is -2.29. The SMILES string of the molecule is CCOc1ccc2nc(N3C(=O)C(=O)/C(=C(/O)c4ccc(Cl)cc4)[C@H]3c3ccc(Cl)cc3)sc2c1. The van der Waals surface area contributed by atoms with E-state index in [1.54, 1.807) is 54.6 Å². The first kappa shape index (κ1) is 23.4. The van der Waals surface area contributed by atoms with Gasteiger partial charge < -0.3 is 9.84 Å². The van der Waals surface area contributed by atoms with Gasteiger partial charge in [-0.3, -0.25) is 14.5 Å². The van der Waals surface area contributed by atoms with Gasteiger partial charge in [0, 0.05) is 15.6 Å². The third kappa shape index (κ3) is 4.27. The van der Waals surface area contributed by atoms with Crippen LogP contribution in [0.15, 0.2) is 72.3 Å². The maximum Gasteiger partial charge on any atom is 0.301 e. The van der Waals surface area contributed by atoms with Gasteiger partial charge in [-0.25, -0.2) is 4.98 Å². The van der Waals surface area contributed by atoms with E-state index >= 15 is 0 Å². The summed E-state index contributed by atoms with van der Waals surface area (Å²) >= 11 is 13.3. The van der Waals surface area contributed by atoms with Crippen LogP contribution >= 0.6 is 34.5 Å². The molecule has 1 fully saturated rings. The first-order chi connectivity index (χ1) is 16.9. The summed E-state index contributed by atoms with van der Waals surface area (Å²) in [5.41, 5.74) is 1.62. The smallest absolute Gasteiger partial charge is 0.301 e. The van der Waals surface area contributed by atoms with Crippen LogP contribution in [0.1, 0.15) is 24.1 Å². The fraction of sp³-hybridized carbons (Fsp3) is 0.115. The van der Waals surface area contributed by atoms with Crippen LogP contribution in [0.5, 0.6) is 5.75 Å². The zero-order valence-electron chi connectivity index (χ0n) is 18.4. The average molecular weight is 525 g/mol. The van der Waals surface area contributed by atoms with E-state index in [4.69, 9.17) is 27.9 Å². The summed E-state index contributed by atoms with van der Waals surface area (Å²) in [6.45, 7) is 2.42. The Morgan fingerprint density at radius 2 is 1.69 bits per heavy atom. The molecule has 0 unspecified atom stereocenters. The Bertz CT molecular complexity index is 1480. The zero-order valence-corrected chi connectivity index (χ0v) is 20.7. The number of amides is 1. The number of rotatable bonds is 5. The van der Waals surface area contributed by atoms with Crippen molar-refractivity contribution in [3.05, 3.63) is 93.5 Å². The maximum atomic E-state index is 13.3. The number of nitrogens with zero attached hydrogens (tertiary/aromatic N) is 2. The highest BCUT2D eigenvalue weighted by molar-refractivity contribution is 7.22. The number of halogens is 2. The number of hydrogen-bond donors (Lipinski definition) is 1. The van der Waals surface area contributed by atoms with Crippen LogP contribution in [-0.4, -0.2) is 28.4 Å². The molecule has 35 heavy (non-hydrogen) atoms. The number of fused-ring (bicyclic) bond motifs is 1. The van der Waals surface area contributed by atoms with Crippen LogP contribution in [0.25, 0.3) is 16.0 Å². The Morgan fingerprint density at radius 3 is 2.34 bits per heavy atom. The molecule has 5 rings (SSSR count). The number of hydrogen-bond acceptors (Lipinski definition) is 6. The molecule has 6 nitrogen and oxygen atoms in total. The topological polar surface area (TPSA) is 79.7 Å². The molecule has 4 aromatic rings. The van der Waals surface area contributed by atoms with Crippen LogP contribution in [0.2, 0.25) is 10.0 Å². The molecule has 0 radical (unpaired) electrons. The molecule has 0 spiro atoms. The Balaban J connectivity index is 1.69. The van der Waals surface area contributed by atoms with Crippen molar-refractivity contribution in [1.82, 2.24) is 4.98 Å². The van der Waals surface area contributed by atoms with Crippen molar-refractivity contribution < 1.29 is 19.4 Å². The minimum atomic E-state index is -0.894. The quantitative estimate of drug-likeness (QED) is 0.180. The second kappa shape index (κ2) is 9.34. The van der Waals surface area contributed by atoms with Crippen molar-refractivity contribution in [2.45, 2.75) is 13.0 Å². The zero-order chi connectivity index (χ0) is 24.7. The van der Waals surface area contributed by atoms with Gasteiger partial charge in [0.2, 0.25) is 0 Å². The van der Waals surface area contributed by atoms with Gasteiger partial charge in [-0.2, -0.15) is 0 Å². The Kier molecular flexibility index (Phi) is 6.23. The highest BCUT2D eigenvalue weighted by atomic mass is 35.5. The molecule has 0 saturated carbocycles. The molecule has 1 saturated heterocycles. The summed E-state index contributed by atoms with van der Waals surface area (Å²) in [6, 6.07) is 17.8. The molecular formula is C26H18Cl2N2O4S. The number of Topliss-reactive ketones (excluding diaryl/α,β-unsaturated/α-hetero) is 1. The number of aliphatic hydroxyl groups excluding tert-OH is 1. The van der Waals surface area contributed by atoms with E-state index in [1.165, 1.54) is 16.2 Å². The lowest BCUT2D eigenvalue weighted by molar-refractivity contribution is -0.132. The predicted octanol–water partition coefficient (Wildman–Crippen LogP) is 6.63. The van der Waals surface area contributed by atoms with E-state index in [0.717, 1.165) is 4.70 Å². The van der Waals surface area contributed by atoms with Gasteiger partial charge in [-0.15, -0.1) is 0 Å². The molecule has 0 aliphatic carbocycles. The predicted molar refractivity (Wildman–Crippen MR) is 138 cm³/mol. The molecule has 1 N–H and O–H groups in total. The summed E-state index contributed by atoms with van der Waals surface area (Å²) in [5, 5.41) is 12.5. The van der Waals surface area contributed by atoms with E-state index in [-0.39, 0.29) is 11.3 Å². The summed E-state index contributed by atoms with van der Waals surface area (Å²) in [6.07, 6.45) is 0. The molecule has 3 aromatic carbocycles. The molecule has 1 atom stereocenters. The van der Waals surface area contributed by atoms with E-state index < -0.39 is 17.7 Å².